The highest BCUT2D eigenvalue weighted by Gasteiger charge is 2.29. The lowest BCUT2D eigenvalue weighted by atomic mass is 10.3. The standard InChI is InChI=1S/C17H13ClF3N3O2S/c1-3-26-16(25)11-6-5-10(18)14(22-11)15-23-12-8-9(27-17(19,20)21)4-7-13(12)24(15)2/h4-8H,3H2,1-2H3. The maximum atomic E-state index is 12.6. The molecule has 0 atom stereocenters. The van der Waals surface area contributed by atoms with E-state index in [0.717, 1.165) is 0 Å². The number of carbonyl (C=O) groups excluding carboxylic acids is 1. The fraction of sp³-hybridized carbons (Fsp3) is 0.235. The quantitative estimate of drug-likeness (QED) is 0.439. The number of fused-ring (bicyclic) bond motifs is 1. The molecule has 0 amide bonds. The van der Waals surface area contributed by atoms with Gasteiger partial charge >= 0.3 is 11.5 Å². The fourth-order valence-corrected chi connectivity index (χ4v) is 3.27. The predicted molar refractivity (Wildman–Crippen MR) is 96.8 cm³/mol. The second-order valence-electron chi connectivity index (χ2n) is 5.44. The molecule has 0 N–H and O–H groups in total. The van der Waals surface area contributed by atoms with Gasteiger partial charge in [0.15, 0.2) is 5.82 Å². The highest BCUT2D eigenvalue weighted by Crippen LogP contribution is 2.38. The first kappa shape index (κ1) is 19.5. The van der Waals surface area contributed by atoms with Gasteiger partial charge in [0.2, 0.25) is 0 Å². The first-order chi connectivity index (χ1) is 12.7. The van der Waals surface area contributed by atoms with Gasteiger partial charge in [-0.2, -0.15) is 13.2 Å². The van der Waals surface area contributed by atoms with Crippen molar-refractivity contribution in [3.05, 3.63) is 41.0 Å². The Morgan fingerprint density at radius 3 is 2.67 bits per heavy atom. The first-order valence-electron chi connectivity index (χ1n) is 7.76. The summed E-state index contributed by atoms with van der Waals surface area (Å²) in [4.78, 5) is 20.5. The van der Waals surface area contributed by atoms with Crippen LogP contribution in [0, 0.1) is 0 Å². The number of benzene rings is 1. The molecule has 3 rings (SSSR count). The van der Waals surface area contributed by atoms with E-state index < -0.39 is 11.5 Å². The molecule has 1 aromatic carbocycles. The number of halogens is 4. The zero-order valence-corrected chi connectivity index (χ0v) is 15.7. The third kappa shape index (κ3) is 4.19. The molecular formula is C17H13ClF3N3O2S. The summed E-state index contributed by atoms with van der Waals surface area (Å²) in [7, 11) is 1.69. The van der Waals surface area contributed by atoms with Crippen LogP contribution < -0.4 is 0 Å². The summed E-state index contributed by atoms with van der Waals surface area (Å²) in [5.41, 5.74) is -3.11. The van der Waals surface area contributed by atoms with Crippen LogP contribution in [0.4, 0.5) is 13.2 Å². The number of pyridine rings is 1. The molecule has 0 unspecified atom stereocenters. The van der Waals surface area contributed by atoms with E-state index in [1.807, 2.05) is 0 Å². The Kier molecular flexibility index (Phi) is 5.34. The van der Waals surface area contributed by atoms with Gasteiger partial charge in [-0.25, -0.2) is 14.8 Å². The van der Waals surface area contributed by atoms with E-state index in [4.69, 9.17) is 16.3 Å². The largest absolute Gasteiger partial charge is 0.461 e. The monoisotopic (exact) mass is 415 g/mol. The summed E-state index contributed by atoms with van der Waals surface area (Å²) in [6, 6.07) is 7.20. The maximum absolute atomic E-state index is 12.6. The van der Waals surface area contributed by atoms with Crippen LogP contribution in [0.5, 0.6) is 0 Å². The van der Waals surface area contributed by atoms with Gasteiger partial charge in [-0.3, -0.25) is 0 Å². The Balaban J connectivity index is 2.08. The number of rotatable bonds is 4. The van der Waals surface area contributed by atoms with E-state index in [0.29, 0.717) is 16.9 Å². The Labute approximate surface area is 161 Å². The van der Waals surface area contributed by atoms with Crippen molar-refractivity contribution in [3.63, 3.8) is 0 Å². The van der Waals surface area contributed by atoms with Crippen LogP contribution in [-0.2, 0) is 11.8 Å². The van der Waals surface area contributed by atoms with Crippen molar-refractivity contribution in [1.29, 1.82) is 0 Å². The van der Waals surface area contributed by atoms with Crippen molar-refractivity contribution in [1.82, 2.24) is 14.5 Å². The number of carbonyl (C=O) groups is 1. The van der Waals surface area contributed by atoms with Crippen molar-refractivity contribution in [3.8, 4) is 11.5 Å². The lowest BCUT2D eigenvalue weighted by molar-refractivity contribution is -0.0328. The van der Waals surface area contributed by atoms with E-state index >= 15 is 0 Å². The van der Waals surface area contributed by atoms with E-state index in [-0.39, 0.29) is 39.7 Å². The molecule has 0 radical (unpaired) electrons. The van der Waals surface area contributed by atoms with Gasteiger partial charge in [-0.1, -0.05) is 11.6 Å². The van der Waals surface area contributed by atoms with Crippen molar-refractivity contribution < 1.29 is 22.7 Å². The smallest absolute Gasteiger partial charge is 0.446 e. The van der Waals surface area contributed by atoms with Crippen LogP contribution in [0.2, 0.25) is 5.02 Å². The third-order valence-electron chi connectivity index (χ3n) is 3.63. The molecular weight excluding hydrogens is 403 g/mol. The maximum Gasteiger partial charge on any atom is 0.446 e. The van der Waals surface area contributed by atoms with E-state index in [2.05, 4.69) is 9.97 Å². The van der Waals surface area contributed by atoms with Crippen LogP contribution >= 0.6 is 23.4 Å². The van der Waals surface area contributed by atoms with Gasteiger partial charge in [0, 0.05) is 11.9 Å². The molecule has 5 nitrogen and oxygen atoms in total. The molecule has 27 heavy (non-hydrogen) atoms. The Morgan fingerprint density at radius 2 is 2.00 bits per heavy atom. The molecule has 2 aromatic heterocycles. The number of nitrogens with zero attached hydrogens (tertiary/aromatic N) is 3. The summed E-state index contributed by atoms with van der Waals surface area (Å²) >= 11 is 6.00. The normalized spacial score (nSPS) is 11.8. The van der Waals surface area contributed by atoms with Crippen LogP contribution in [-0.4, -0.2) is 32.6 Å². The van der Waals surface area contributed by atoms with Gasteiger partial charge in [0.25, 0.3) is 0 Å². The zero-order chi connectivity index (χ0) is 19.8. The zero-order valence-electron chi connectivity index (χ0n) is 14.2. The minimum atomic E-state index is -4.38. The fourth-order valence-electron chi connectivity index (χ4n) is 2.51. The molecule has 10 heteroatoms. The second-order valence-corrected chi connectivity index (χ2v) is 6.99. The number of hydrogen-bond donors (Lipinski definition) is 0. The van der Waals surface area contributed by atoms with Crippen LogP contribution in [0.3, 0.4) is 0 Å². The van der Waals surface area contributed by atoms with Gasteiger partial charge in [-0.05, 0) is 49.0 Å². The van der Waals surface area contributed by atoms with Gasteiger partial charge < -0.3 is 9.30 Å². The topological polar surface area (TPSA) is 57.0 Å². The molecule has 0 aliphatic heterocycles. The Morgan fingerprint density at radius 1 is 1.26 bits per heavy atom. The second kappa shape index (κ2) is 7.40. The minimum absolute atomic E-state index is 0.0268. The molecule has 0 fully saturated rings. The molecule has 0 aliphatic rings. The SMILES string of the molecule is CCOC(=O)c1ccc(Cl)c(-c2nc3cc(SC(F)(F)F)ccc3n2C)n1. The average molecular weight is 416 g/mol. The van der Waals surface area contributed by atoms with E-state index in [1.54, 1.807) is 24.6 Å². The summed E-state index contributed by atoms with van der Waals surface area (Å²) in [5, 5.41) is 0.256. The van der Waals surface area contributed by atoms with Crippen LogP contribution in [0.1, 0.15) is 17.4 Å². The Bertz CT molecular complexity index is 1020. The average Bonchev–Trinajstić information content (AvgIpc) is 2.90. The number of alkyl halides is 3. The molecule has 0 saturated heterocycles. The van der Waals surface area contributed by atoms with Crippen LogP contribution in [0.15, 0.2) is 35.2 Å². The summed E-state index contributed by atoms with van der Waals surface area (Å²) in [5.74, 6) is -0.270. The molecule has 3 aromatic rings. The van der Waals surface area contributed by atoms with Gasteiger partial charge in [-0.15, -0.1) is 0 Å². The summed E-state index contributed by atoms with van der Waals surface area (Å²) in [6.07, 6.45) is 0. The van der Waals surface area contributed by atoms with Crippen LogP contribution in [0.25, 0.3) is 22.6 Å². The van der Waals surface area contributed by atoms with Crippen molar-refractivity contribution in [2.24, 2.45) is 7.05 Å². The predicted octanol–water partition coefficient (Wildman–Crippen LogP) is 5.08. The highest BCUT2D eigenvalue weighted by molar-refractivity contribution is 8.00. The number of aromatic nitrogens is 3. The van der Waals surface area contributed by atoms with Gasteiger partial charge in [0.05, 0.1) is 22.7 Å². The number of thioether (sulfide) groups is 1. The molecule has 0 aliphatic carbocycles. The minimum Gasteiger partial charge on any atom is -0.461 e. The molecule has 0 bridgehead atoms. The number of hydrogen-bond acceptors (Lipinski definition) is 5. The highest BCUT2D eigenvalue weighted by atomic mass is 35.5. The Hall–Kier alpha value is -2.26. The molecule has 0 saturated carbocycles. The van der Waals surface area contributed by atoms with Crippen molar-refractivity contribution in [2.45, 2.75) is 17.3 Å². The number of esters is 1. The lowest BCUT2D eigenvalue weighted by Gasteiger charge is -2.07. The summed E-state index contributed by atoms with van der Waals surface area (Å²) < 4.78 is 44.4. The molecule has 2 heterocycles. The number of ether oxygens (including phenoxy) is 1. The first-order valence-corrected chi connectivity index (χ1v) is 8.95. The van der Waals surface area contributed by atoms with Gasteiger partial charge in [0.1, 0.15) is 11.4 Å². The number of imidazole rings is 1. The molecule has 142 valence electrons. The lowest BCUT2D eigenvalue weighted by Crippen LogP contribution is -2.08. The third-order valence-corrected chi connectivity index (χ3v) is 4.65. The van der Waals surface area contributed by atoms with Crippen molar-refractivity contribution >= 4 is 40.4 Å². The number of aryl methyl sites for hydroxylation is 1. The van der Waals surface area contributed by atoms with E-state index in [1.165, 1.54) is 24.3 Å². The molecule has 0 spiro atoms. The van der Waals surface area contributed by atoms with E-state index in [9.17, 15) is 18.0 Å². The van der Waals surface area contributed by atoms with Crippen molar-refractivity contribution in [2.75, 3.05) is 6.61 Å². The summed E-state index contributed by atoms with van der Waals surface area (Å²) in [6.45, 7) is 1.88.